The molecule has 0 fully saturated rings. The van der Waals surface area contributed by atoms with Gasteiger partial charge in [-0.3, -0.25) is 0 Å². The third-order valence-corrected chi connectivity index (χ3v) is 4.30. The first-order chi connectivity index (χ1) is 10.1. The number of ether oxygens (including phenoxy) is 1. The van der Waals surface area contributed by atoms with Gasteiger partial charge in [0.15, 0.2) is 0 Å². The predicted molar refractivity (Wildman–Crippen MR) is 89.3 cm³/mol. The van der Waals surface area contributed by atoms with Crippen molar-refractivity contribution < 1.29 is 4.74 Å². The van der Waals surface area contributed by atoms with Crippen LogP contribution in [0.2, 0.25) is 0 Å². The number of anilines is 2. The lowest BCUT2D eigenvalue weighted by Gasteiger charge is -2.17. The zero-order valence-electron chi connectivity index (χ0n) is 12.3. The van der Waals surface area contributed by atoms with Gasteiger partial charge in [0, 0.05) is 28.8 Å². The summed E-state index contributed by atoms with van der Waals surface area (Å²) in [4.78, 5) is 16.1. The van der Waals surface area contributed by atoms with Gasteiger partial charge in [0.1, 0.15) is 0 Å². The average Bonchev–Trinajstić information content (AvgIpc) is 2.89. The minimum absolute atomic E-state index is 0.352. The first-order valence-electron chi connectivity index (χ1n) is 6.63. The zero-order valence-corrected chi connectivity index (χ0v) is 14.7. The Balaban J connectivity index is 2.16. The quantitative estimate of drug-likeness (QED) is 0.806. The van der Waals surface area contributed by atoms with E-state index in [-0.39, 0.29) is 0 Å². The van der Waals surface area contributed by atoms with E-state index in [0.29, 0.717) is 24.5 Å². The molecule has 0 amide bonds. The molecule has 0 saturated heterocycles. The summed E-state index contributed by atoms with van der Waals surface area (Å²) in [6.07, 6.45) is 0.912. The highest BCUT2D eigenvalue weighted by molar-refractivity contribution is 9.10. The number of hydrogen-bond donors (Lipinski definition) is 1. The fraction of sp³-hybridized carbons (Fsp3) is 0.462. The zero-order chi connectivity index (χ0) is 15.2. The monoisotopic (exact) mass is 371 g/mol. The molecule has 2 heterocycles. The van der Waals surface area contributed by atoms with Crippen molar-refractivity contribution in [3.63, 3.8) is 0 Å². The molecule has 2 aromatic heterocycles. The van der Waals surface area contributed by atoms with Gasteiger partial charge in [0.2, 0.25) is 11.9 Å². The first kappa shape index (κ1) is 16.0. The van der Waals surface area contributed by atoms with Crippen LogP contribution in [-0.2, 0) is 6.54 Å². The summed E-state index contributed by atoms with van der Waals surface area (Å²) in [6.45, 7) is 3.37. The molecule has 0 aliphatic carbocycles. The van der Waals surface area contributed by atoms with Crippen molar-refractivity contribution in [2.45, 2.75) is 19.9 Å². The van der Waals surface area contributed by atoms with Crippen molar-refractivity contribution in [3.05, 3.63) is 20.8 Å². The Bertz CT molecular complexity index is 592. The van der Waals surface area contributed by atoms with Crippen LogP contribution < -0.4 is 15.0 Å². The number of rotatable bonds is 7. The van der Waals surface area contributed by atoms with Crippen molar-refractivity contribution in [2.24, 2.45) is 0 Å². The fourth-order valence-electron chi connectivity index (χ4n) is 1.63. The van der Waals surface area contributed by atoms with Gasteiger partial charge in [-0.1, -0.05) is 6.92 Å². The predicted octanol–water partition coefficient (Wildman–Crippen LogP) is 3.16. The summed E-state index contributed by atoms with van der Waals surface area (Å²) in [7, 11) is 3.73. The smallest absolute Gasteiger partial charge is 0.323 e. The summed E-state index contributed by atoms with van der Waals surface area (Å²) in [6, 6.07) is 2.45. The van der Waals surface area contributed by atoms with E-state index in [0.717, 1.165) is 17.4 Å². The summed E-state index contributed by atoms with van der Waals surface area (Å²) < 4.78 is 6.60. The normalized spacial score (nSPS) is 10.5. The summed E-state index contributed by atoms with van der Waals surface area (Å²) in [5, 5.41) is 4.99. The van der Waals surface area contributed by atoms with Crippen LogP contribution in [0.5, 0.6) is 6.01 Å². The summed E-state index contributed by atoms with van der Waals surface area (Å²) in [5.74, 6) is 1.09. The third kappa shape index (κ3) is 4.53. The molecule has 0 spiro atoms. The van der Waals surface area contributed by atoms with Gasteiger partial charge in [-0.25, -0.2) is 0 Å². The van der Waals surface area contributed by atoms with Crippen LogP contribution >= 0.6 is 27.3 Å². The molecule has 114 valence electrons. The lowest BCUT2D eigenvalue weighted by molar-refractivity contribution is 0.292. The third-order valence-electron chi connectivity index (χ3n) is 2.62. The molecular formula is C13H18BrN5OS. The second-order valence-corrected chi connectivity index (χ2v) is 6.34. The standard InChI is InChI=1S/C13H18BrN5OS/c1-4-5-20-13-17-11(15-2)16-12(18-13)19(3)7-10-6-9(14)8-21-10/h6,8H,4-5,7H2,1-3H3,(H,15,16,17,18). The van der Waals surface area contributed by atoms with Crippen LogP contribution in [0.4, 0.5) is 11.9 Å². The van der Waals surface area contributed by atoms with Gasteiger partial charge in [-0.2, -0.15) is 15.0 Å². The Hall–Kier alpha value is -1.41. The molecule has 0 radical (unpaired) electrons. The lowest BCUT2D eigenvalue weighted by Crippen LogP contribution is -2.20. The second kappa shape index (κ2) is 7.56. The maximum absolute atomic E-state index is 5.51. The minimum Gasteiger partial charge on any atom is -0.463 e. The van der Waals surface area contributed by atoms with Gasteiger partial charge < -0.3 is 15.0 Å². The maximum atomic E-state index is 5.51. The summed E-state index contributed by atoms with van der Waals surface area (Å²) >= 11 is 5.16. The van der Waals surface area contributed by atoms with Gasteiger partial charge in [-0.15, -0.1) is 11.3 Å². The molecule has 0 saturated carbocycles. The van der Waals surface area contributed by atoms with E-state index in [1.165, 1.54) is 4.88 Å². The highest BCUT2D eigenvalue weighted by Crippen LogP contribution is 2.22. The van der Waals surface area contributed by atoms with Gasteiger partial charge in [-0.05, 0) is 28.4 Å². The molecule has 8 heteroatoms. The van der Waals surface area contributed by atoms with Crippen molar-refractivity contribution in [2.75, 3.05) is 30.9 Å². The Morgan fingerprint density at radius 1 is 1.38 bits per heavy atom. The number of halogens is 1. The van der Waals surface area contributed by atoms with Crippen LogP contribution in [0.15, 0.2) is 15.9 Å². The molecule has 0 aromatic carbocycles. The number of aromatic nitrogens is 3. The van der Waals surface area contributed by atoms with Crippen LogP contribution in [0.3, 0.4) is 0 Å². The van der Waals surface area contributed by atoms with Crippen molar-refractivity contribution in [1.29, 1.82) is 0 Å². The van der Waals surface area contributed by atoms with Gasteiger partial charge >= 0.3 is 6.01 Å². The molecule has 2 rings (SSSR count). The average molecular weight is 372 g/mol. The minimum atomic E-state index is 0.352. The Morgan fingerprint density at radius 3 is 2.81 bits per heavy atom. The molecule has 21 heavy (non-hydrogen) atoms. The van der Waals surface area contributed by atoms with Gasteiger partial charge in [0.25, 0.3) is 0 Å². The molecule has 2 aromatic rings. The van der Waals surface area contributed by atoms with Crippen molar-refractivity contribution in [1.82, 2.24) is 15.0 Å². The van der Waals surface area contributed by atoms with Gasteiger partial charge in [0.05, 0.1) is 13.2 Å². The molecule has 0 atom stereocenters. The van der Waals surface area contributed by atoms with E-state index in [9.17, 15) is 0 Å². The van der Waals surface area contributed by atoms with E-state index in [1.54, 1.807) is 18.4 Å². The maximum Gasteiger partial charge on any atom is 0.323 e. The van der Waals surface area contributed by atoms with Crippen LogP contribution in [0.25, 0.3) is 0 Å². The second-order valence-electron chi connectivity index (χ2n) is 4.43. The van der Waals surface area contributed by atoms with Crippen molar-refractivity contribution in [3.8, 4) is 6.01 Å². The van der Waals surface area contributed by atoms with E-state index >= 15 is 0 Å². The van der Waals surface area contributed by atoms with E-state index < -0.39 is 0 Å². The SMILES string of the molecule is CCCOc1nc(NC)nc(N(C)Cc2cc(Br)cs2)n1. The molecule has 6 nitrogen and oxygen atoms in total. The highest BCUT2D eigenvalue weighted by Gasteiger charge is 2.12. The molecule has 0 bridgehead atoms. The fourth-order valence-corrected chi connectivity index (χ4v) is 3.13. The molecule has 1 N–H and O–H groups in total. The molecule has 0 aliphatic rings. The largest absolute Gasteiger partial charge is 0.463 e. The number of hydrogen-bond acceptors (Lipinski definition) is 7. The number of thiophene rings is 1. The highest BCUT2D eigenvalue weighted by atomic mass is 79.9. The molecule has 0 unspecified atom stereocenters. The Labute approximate surface area is 136 Å². The van der Waals surface area contributed by atoms with Crippen LogP contribution in [0, 0.1) is 0 Å². The topological polar surface area (TPSA) is 63.2 Å². The van der Waals surface area contributed by atoms with Crippen LogP contribution in [-0.4, -0.2) is 35.7 Å². The molecule has 0 aliphatic heterocycles. The van der Waals surface area contributed by atoms with E-state index in [4.69, 9.17) is 4.74 Å². The Kier molecular flexibility index (Phi) is 5.75. The first-order valence-corrected chi connectivity index (χ1v) is 8.30. The number of nitrogens with zero attached hydrogens (tertiary/aromatic N) is 4. The van der Waals surface area contributed by atoms with Crippen molar-refractivity contribution >= 4 is 39.2 Å². The summed E-state index contributed by atoms with van der Waals surface area (Å²) in [5.41, 5.74) is 0. The van der Waals surface area contributed by atoms with E-state index in [1.807, 2.05) is 18.9 Å². The van der Waals surface area contributed by atoms with Crippen LogP contribution in [0.1, 0.15) is 18.2 Å². The lowest BCUT2D eigenvalue weighted by atomic mass is 10.4. The van der Waals surface area contributed by atoms with E-state index in [2.05, 4.69) is 47.6 Å². The Morgan fingerprint density at radius 2 is 2.19 bits per heavy atom. The molecular weight excluding hydrogens is 354 g/mol. The number of nitrogens with one attached hydrogen (secondary N) is 1.